The highest BCUT2D eigenvalue weighted by atomic mass is 16.6. The normalized spacial score (nSPS) is 30.8. The highest BCUT2D eigenvalue weighted by Crippen LogP contribution is 2.38. The summed E-state index contributed by atoms with van der Waals surface area (Å²) in [6.07, 6.45) is 2.89. The van der Waals surface area contributed by atoms with Crippen LogP contribution in [0, 0.1) is 0 Å². The molecule has 0 aromatic heterocycles. The van der Waals surface area contributed by atoms with Crippen LogP contribution in [0.2, 0.25) is 0 Å². The van der Waals surface area contributed by atoms with E-state index in [0.717, 1.165) is 6.42 Å². The lowest BCUT2D eigenvalue weighted by Crippen LogP contribution is -2.37. The zero-order valence-corrected chi connectivity index (χ0v) is 7.71. The Labute approximate surface area is 73.2 Å². The van der Waals surface area contributed by atoms with E-state index in [1.807, 2.05) is 13.8 Å². The predicted molar refractivity (Wildman–Crippen MR) is 47.5 cm³/mol. The van der Waals surface area contributed by atoms with Crippen LogP contribution in [0.25, 0.3) is 0 Å². The van der Waals surface area contributed by atoms with E-state index < -0.39 is 5.72 Å². The first kappa shape index (κ1) is 9.71. The third-order valence-electron chi connectivity index (χ3n) is 2.32. The second kappa shape index (κ2) is 2.83. The third kappa shape index (κ3) is 2.30. The van der Waals surface area contributed by atoms with Crippen LogP contribution in [0.15, 0.2) is 12.7 Å². The molecule has 70 valence electrons. The lowest BCUT2D eigenvalue weighted by molar-refractivity contribution is 0.0840. The summed E-state index contributed by atoms with van der Waals surface area (Å²) in [6, 6.07) is 0. The summed E-state index contributed by atoms with van der Waals surface area (Å²) in [5.41, 5.74) is 4.21. The van der Waals surface area contributed by atoms with E-state index in [9.17, 15) is 5.11 Å². The molecule has 0 saturated carbocycles. The Kier molecular flexibility index (Phi) is 2.29. The summed E-state index contributed by atoms with van der Waals surface area (Å²) in [7, 11) is 0. The van der Waals surface area contributed by atoms with Gasteiger partial charge < -0.3 is 15.6 Å². The molecule has 3 nitrogen and oxygen atoms in total. The van der Waals surface area contributed by atoms with Crippen molar-refractivity contribution in [1.82, 2.24) is 0 Å². The van der Waals surface area contributed by atoms with Crippen molar-refractivity contribution >= 4 is 0 Å². The van der Waals surface area contributed by atoms with Gasteiger partial charge in [0.2, 0.25) is 0 Å². The molecule has 0 spiro atoms. The van der Waals surface area contributed by atoms with Gasteiger partial charge in [-0.3, -0.25) is 0 Å². The van der Waals surface area contributed by atoms with Crippen molar-refractivity contribution in [2.45, 2.75) is 44.1 Å². The average Bonchev–Trinajstić information content (AvgIpc) is 2.56. The van der Waals surface area contributed by atoms with Crippen molar-refractivity contribution < 1.29 is 9.84 Å². The molecule has 2 atom stereocenters. The highest BCUT2D eigenvalue weighted by Gasteiger charge is 2.47. The Hall–Kier alpha value is -0.380. The summed E-state index contributed by atoms with van der Waals surface area (Å²) >= 11 is 0. The number of epoxide rings is 1. The van der Waals surface area contributed by atoms with E-state index in [1.165, 1.54) is 6.08 Å². The van der Waals surface area contributed by atoms with Gasteiger partial charge in [-0.1, -0.05) is 6.58 Å². The van der Waals surface area contributed by atoms with Gasteiger partial charge in [-0.05, 0) is 32.8 Å². The molecule has 1 fully saturated rings. The number of rotatable bonds is 4. The van der Waals surface area contributed by atoms with Crippen LogP contribution in [-0.2, 0) is 4.74 Å². The van der Waals surface area contributed by atoms with Crippen molar-refractivity contribution in [2.24, 2.45) is 5.73 Å². The first-order valence-electron chi connectivity index (χ1n) is 4.20. The molecule has 1 saturated heterocycles. The molecule has 0 aromatic rings. The molecule has 1 aliphatic heterocycles. The maximum atomic E-state index is 9.37. The standard InChI is InChI=1S/C9H17NO2/c1-4-9(10,11)6-5-7-8(2,3)12-7/h4,7,11H,1,5-6,10H2,2-3H3/t7?,9-/m1/s1. The molecule has 1 heterocycles. The fourth-order valence-corrected chi connectivity index (χ4v) is 1.20. The predicted octanol–water partition coefficient (Wildman–Crippen LogP) is 0.777. The van der Waals surface area contributed by atoms with E-state index in [4.69, 9.17) is 10.5 Å². The fourth-order valence-electron chi connectivity index (χ4n) is 1.20. The minimum absolute atomic E-state index is 0.0166. The zero-order valence-electron chi connectivity index (χ0n) is 7.71. The van der Waals surface area contributed by atoms with E-state index in [0.29, 0.717) is 6.42 Å². The Bertz CT molecular complexity index is 187. The van der Waals surface area contributed by atoms with Crippen molar-refractivity contribution in [3.8, 4) is 0 Å². The first-order chi connectivity index (χ1) is 5.37. The molecule has 1 rings (SSSR count). The molecular formula is C9H17NO2. The van der Waals surface area contributed by atoms with E-state index >= 15 is 0 Å². The molecule has 0 aromatic carbocycles. The van der Waals surface area contributed by atoms with Crippen LogP contribution >= 0.6 is 0 Å². The smallest absolute Gasteiger partial charge is 0.132 e. The second-order valence-electron chi connectivity index (χ2n) is 3.94. The van der Waals surface area contributed by atoms with Gasteiger partial charge in [0.1, 0.15) is 5.72 Å². The fraction of sp³-hybridized carbons (Fsp3) is 0.778. The van der Waals surface area contributed by atoms with E-state index in [1.54, 1.807) is 0 Å². The second-order valence-corrected chi connectivity index (χ2v) is 3.94. The van der Waals surface area contributed by atoms with Crippen LogP contribution in [0.3, 0.4) is 0 Å². The number of aliphatic hydroxyl groups is 1. The SMILES string of the molecule is C=C[C@@](N)(O)CCC1OC1(C)C. The Morgan fingerprint density at radius 3 is 2.58 bits per heavy atom. The number of ether oxygens (including phenoxy) is 1. The van der Waals surface area contributed by atoms with Gasteiger partial charge in [0.25, 0.3) is 0 Å². The maximum absolute atomic E-state index is 9.37. The maximum Gasteiger partial charge on any atom is 0.132 e. The first-order valence-corrected chi connectivity index (χ1v) is 4.20. The van der Waals surface area contributed by atoms with Gasteiger partial charge in [0, 0.05) is 0 Å². The summed E-state index contributed by atoms with van der Waals surface area (Å²) in [5, 5.41) is 9.37. The molecule has 3 heteroatoms. The largest absolute Gasteiger partial charge is 0.372 e. The van der Waals surface area contributed by atoms with Crippen molar-refractivity contribution in [3.05, 3.63) is 12.7 Å². The monoisotopic (exact) mass is 171 g/mol. The number of hydrogen-bond donors (Lipinski definition) is 2. The van der Waals surface area contributed by atoms with Gasteiger partial charge in [-0.25, -0.2) is 0 Å². The quantitative estimate of drug-likeness (QED) is 0.373. The molecular weight excluding hydrogens is 154 g/mol. The minimum atomic E-state index is -1.23. The Morgan fingerprint density at radius 2 is 2.25 bits per heavy atom. The van der Waals surface area contributed by atoms with Crippen LogP contribution < -0.4 is 5.73 Å². The molecule has 0 radical (unpaired) electrons. The molecule has 3 N–H and O–H groups in total. The van der Waals surface area contributed by atoms with Crippen molar-refractivity contribution in [2.75, 3.05) is 0 Å². The van der Waals surface area contributed by atoms with Gasteiger partial charge in [-0.15, -0.1) is 0 Å². The molecule has 1 unspecified atom stereocenters. The molecule has 1 aliphatic rings. The topological polar surface area (TPSA) is 58.8 Å². The van der Waals surface area contributed by atoms with Crippen molar-refractivity contribution in [3.63, 3.8) is 0 Å². The Balaban J connectivity index is 2.24. The van der Waals surface area contributed by atoms with Crippen LogP contribution in [0.5, 0.6) is 0 Å². The highest BCUT2D eigenvalue weighted by molar-refractivity contribution is 4.98. The summed E-state index contributed by atoms with van der Waals surface area (Å²) in [4.78, 5) is 0. The summed E-state index contributed by atoms with van der Waals surface area (Å²) in [5.74, 6) is 0. The van der Waals surface area contributed by atoms with Crippen molar-refractivity contribution in [1.29, 1.82) is 0 Å². The van der Waals surface area contributed by atoms with E-state index in [2.05, 4.69) is 6.58 Å². The lowest BCUT2D eigenvalue weighted by atomic mass is 10.0. The molecule has 0 aliphatic carbocycles. The third-order valence-corrected chi connectivity index (χ3v) is 2.32. The molecule has 0 bridgehead atoms. The summed E-state index contributed by atoms with van der Waals surface area (Å²) < 4.78 is 5.34. The van der Waals surface area contributed by atoms with E-state index in [-0.39, 0.29) is 11.7 Å². The minimum Gasteiger partial charge on any atom is -0.372 e. The summed E-state index contributed by atoms with van der Waals surface area (Å²) in [6.45, 7) is 7.51. The van der Waals surface area contributed by atoms with Crippen LogP contribution in [-0.4, -0.2) is 22.5 Å². The Morgan fingerprint density at radius 1 is 1.75 bits per heavy atom. The zero-order chi connectivity index (χ0) is 9.41. The lowest BCUT2D eigenvalue weighted by Gasteiger charge is -2.17. The molecule has 12 heavy (non-hydrogen) atoms. The van der Waals surface area contributed by atoms with Gasteiger partial charge in [-0.2, -0.15) is 0 Å². The van der Waals surface area contributed by atoms with Gasteiger partial charge >= 0.3 is 0 Å². The van der Waals surface area contributed by atoms with Gasteiger partial charge in [0.15, 0.2) is 0 Å². The van der Waals surface area contributed by atoms with Crippen LogP contribution in [0.4, 0.5) is 0 Å². The molecule has 0 amide bonds. The average molecular weight is 171 g/mol. The number of hydrogen-bond acceptors (Lipinski definition) is 3. The number of nitrogens with two attached hydrogens (primary N) is 1. The van der Waals surface area contributed by atoms with Crippen LogP contribution in [0.1, 0.15) is 26.7 Å². The van der Waals surface area contributed by atoms with Gasteiger partial charge in [0.05, 0.1) is 11.7 Å².